The molecule has 1 unspecified atom stereocenters. The van der Waals surface area contributed by atoms with Crippen LogP contribution in [0.15, 0.2) is 24.3 Å². The van der Waals surface area contributed by atoms with Crippen molar-refractivity contribution in [2.24, 2.45) is 0 Å². The van der Waals surface area contributed by atoms with Gasteiger partial charge in [0.2, 0.25) is 0 Å². The van der Waals surface area contributed by atoms with Gasteiger partial charge in [-0.2, -0.15) is 0 Å². The molecule has 0 heterocycles. The molecule has 4 heteroatoms. The molecule has 0 saturated carbocycles. The lowest BCUT2D eigenvalue weighted by Gasteiger charge is -2.08. The number of hydrogen-bond acceptors (Lipinski definition) is 2. The molecule has 0 aliphatic heterocycles. The Bertz CT molecular complexity index is 335. The van der Waals surface area contributed by atoms with E-state index in [0.717, 1.165) is 11.1 Å². The van der Waals surface area contributed by atoms with E-state index >= 15 is 0 Å². The van der Waals surface area contributed by atoms with Crippen molar-refractivity contribution in [2.45, 2.75) is 13.1 Å². The third kappa shape index (κ3) is 3.31. The van der Waals surface area contributed by atoms with Gasteiger partial charge in [-0.25, -0.2) is 0 Å². The van der Waals surface area contributed by atoms with Crippen LogP contribution in [0.1, 0.15) is 11.1 Å². The van der Waals surface area contributed by atoms with Crippen molar-refractivity contribution in [1.82, 2.24) is 0 Å². The van der Waals surface area contributed by atoms with E-state index in [4.69, 9.17) is 0 Å². The van der Waals surface area contributed by atoms with Crippen LogP contribution in [0.2, 0.25) is 0 Å². The van der Waals surface area contributed by atoms with Crippen LogP contribution >= 0.6 is 7.60 Å². The Kier molecular flexibility index (Phi) is 3.26. The Balaban J connectivity index is 2.81. The first-order chi connectivity index (χ1) is 6.03. The molecule has 1 rings (SSSR count). The fraction of sp³-hybridized carbons (Fsp3) is 0.333. The van der Waals surface area contributed by atoms with Crippen LogP contribution in [0.5, 0.6) is 0 Å². The molecule has 1 atom stereocenters. The monoisotopic (exact) mass is 200 g/mol. The predicted octanol–water partition coefficient (Wildman–Crippen LogP) is 2.33. The summed E-state index contributed by atoms with van der Waals surface area (Å²) in [5.74, 6) is 0. The molecule has 1 N–H and O–H groups in total. The topological polar surface area (TPSA) is 46.5 Å². The molecule has 0 bridgehead atoms. The SMILES string of the molecule is COP(=O)(O)Cc1cccc(C)c1. The van der Waals surface area contributed by atoms with E-state index in [1.165, 1.54) is 7.11 Å². The van der Waals surface area contributed by atoms with Gasteiger partial charge in [0, 0.05) is 7.11 Å². The van der Waals surface area contributed by atoms with E-state index in [1.54, 1.807) is 0 Å². The third-order valence-corrected chi connectivity index (χ3v) is 3.09. The van der Waals surface area contributed by atoms with Crippen molar-refractivity contribution in [1.29, 1.82) is 0 Å². The highest BCUT2D eigenvalue weighted by molar-refractivity contribution is 7.51. The van der Waals surface area contributed by atoms with E-state index in [1.807, 2.05) is 31.2 Å². The maximum atomic E-state index is 11.2. The second-order valence-electron chi connectivity index (χ2n) is 2.97. The summed E-state index contributed by atoms with van der Waals surface area (Å²) in [5, 5.41) is 0. The molecule has 3 nitrogen and oxygen atoms in total. The van der Waals surface area contributed by atoms with E-state index in [0.29, 0.717) is 0 Å². The normalized spacial score (nSPS) is 15.3. The fourth-order valence-electron chi connectivity index (χ4n) is 1.11. The van der Waals surface area contributed by atoms with Gasteiger partial charge in [-0.15, -0.1) is 0 Å². The number of hydrogen-bond donors (Lipinski definition) is 1. The van der Waals surface area contributed by atoms with E-state index in [2.05, 4.69) is 4.52 Å². The Morgan fingerprint density at radius 2 is 2.23 bits per heavy atom. The summed E-state index contributed by atoms with van der Waals surface area (Å²) in [6, 6.07) is 7.50. The first kappa shape index (κ1) is 10.5. The first-order valence-electron chi connectivity index (χ1n) is 3.96. The highest BCUT2D eigenvalue weighted by Gasteiger charge is 2.17. The van der Waals surface area contributed by atoms with Crippen LogP contribution in [-0.2, 0) is 15.3 Å². The third-order valence-electron chi connectivity index (χ3n) is 1.75. The van der Waals surface area contributed by atoms with Crippen LogP contribution in [0.3, 0.4) is 0 Å². The Morgan fingerprint density at radius 1 is 1.54 bits per heavy atom. The van der Waals surface area contributed by atoms with Crippen molar-refractivity contribution in [2.75, 3.05) is 7.11 Å². The van der Waals surface area contributed by atoms with Gasteiger partial charge in [0.05, 0.1) is 6.16 Å². The molecule has 0 radical (unpaired) electrons. The van der Waals surface area contributed by atoms with Gasteiger partial charge >= 0.3 is 7.60 Å². The van der Waals surface area contributed by atoms with Crippen molar-refractivity contribution in [3.05, 3.63) is 35.4 Å². The lowest BCUT2D eigenvalue weighted by Crippen LogP contribution is -1.90. The van der Waals surface area contributed by atoms with E-state index in [-0.39, 0.29) is 6.16 Å². The molecule has 13 heavy (non-hydrogen) atoms. The molecule has 0 spiro atoms. The van der Waals surface area contributed by atoms with Crippen molar-refractivity contribution < 1.29 is 14.0 Å². The van der Waals surface area contributed by atoms with Crippen LogP contribution < -0.4 is 0 Å². The zero-order chi connectivity index (χ0) is 9.90. The zero-order valence-corrected chi connectivity index (χ0v) is 8.62. The Morgan fingerprint density at radius 3 is 2.77 bits per heavy atom. The van der Waals surface area contributed by atoms with E-state index in [9.17, 15) is 9.46 Å². The lowest BCUT2D eigenvalue weighted by molar-refractivity contribution is 0.314. The standard InChI is InChI=1S/C9H13O3P/c1-8-4-3-5-9(6-8)7-13(10,11)12-2/h3-6H,7H2,1-2H3,(H,10,11). The second kappa shape index (κ2) is 4.05. The van der Waals surface area contributed by atoms with Gasteiger partial charge in [0.15, 0.2) is 0 Å². The summed E-state index contributed by atoms with van der Waals surface area (Å²) in [7, 11) is -2.17. The smallest absolute Gasteiger partial charge is 0.324 e. The van der Waals surface area contributed by atoms with Gasteiger partial charge in [0.1, 0.15) is 0 Å². The number of aryl methyl sites for hydroxylation is 1. The minimum Gasteiger partial charge on any atom is -0.324 e. The summed E-state index contributed by atoms with van der Waals surface area (Å²) in [4.78, 5) is 9.20. The van der Waals surface area contributed by atoms with Crippen molar-refractivity contribution in [3.63, 3.8) is 0 Å². The van der Waals surface area contributed by atoms with E-state index < -0.39 is 7.60 Å². The maximum absolute atomic E-state index is 11.2. The Labute approximate surface area is 77.9 Å². The van der Waals surface area contributed by atoms with Crippen LogP contribution in [0.25, 0.3) is 0 Å². The first-order valence-corrected chi connectivity index (χ1v) is 5.73. The molecule has 0 aliphatic rings. The summed E-state index contributed by atoms with van der Waals surface area (Å²) in [5.41, 5.74) is 1.90. The summed E-state index contributed by atoms with van der Waals surface area (Å²) in [6.45, 7) is 1.94. The van der Waals surface area contributed by atoms with Crippen LogP contribution in [-0.4, -0.2) is 12.0 Å². The highest BCUT2D eigenvalue weighted by atomic mass is 31.2. The zero-order valence-electron chi connectivity index (χ0n) is 7.73. The molecule has 0 aromatic heterocycles. The molecule has 0 aliphatic carbocycles. The summed E-state index contributed by atoms with van der Waals surface area (Å²) >= 11 is 0. The van der Waals surface area contributed by atoms with Gasteiger partial charge in [0.25, 0.3) is 0 Å². The second-order valence-corrected chi connectivity index (χ2v) is 4.92. The average molecular weight is 200 g/mol. The van der Waals surface area contributed by atoms with Crippen molar-refractivity contribution in [3.8, 4) is 0 Å². The van der Waals surface area contributed by atoms with Gasteiger partial charge in [-0.1, -0.05) is 29.8 Å². The molecule has 1 aromatic rings. The van der Waals surface area contributed by atoms with Crippen LogP contribution in [0, 0.1) is 6.92 Å². The molecular weight excluding hydrogens is 187 g/mol. The Hall–Kier alpha value is -0.630. The highest BCUT2D eigenvalue weighted by Crippen LogP contribution is 2.44. The van der Waals surface area contributed by atoms with Crippen molar-refractivity contribution >= 4 is 7.60 Å². The summed E-state index contributed by atoms with van der Waals surface area (Å²) in [6.07, 6.45) is 0.0746. The molecule has 0 amide bonds. The fourth-order valence-corrected chi connectivity index (χ4v) is 1.89. The molecule has 72 valence electrons. The average Bonchev–Trinajstić information content (AvgIpc) is 2.03. The number of benzene rings is 1. The molecule has 0 saturated heterocycles. The minimum absolute atomic E-state index is 0.0746. The molecular formula is C9H13O3P. The maximum Gasteiger partial charge on any atom is 0.332 e. The predicted molar refractivity (Wildman–Crippen MR) is 51.7 cm³/mol. The van der Waals surface area contributed by atoms with Crippen LogP contribution in [0.4, 0.5) is 0 Å². The lowest BCUT2D eigenvalue weighted by atomic mass is 10.2. The minimum atomic E-state index is -3.42. The van der Waals surface area contributed by atoms with Gasteiger partial charge in [-0.3, -0.25) is 4.57 Å². The molecule has 1 aromatic carbocycles. The number of rotatable bonds is 3. The summed E-state index contributed by atoms with van der Waals surface area (Å²) < 4.78 is 15.7. The molecule has 0 fully saturated rings. The largest absolute Gasteiger partial charge is 0.332 e. The van der Waals surface area contributed by atoms with Gasteiger partial charge in [-0.05, 0) is 12.5 Å². The van der Waals surface area contributed by atoms with Gasteiger partial charge < -0.3 is 9.42 Å². The quantitative estimate of drug-likeness (QED) is 0.761.